The Morgan fingerprint density at radius 1 is 0.952 bits per heavy atom. The van der Waals surface area contributed by atoms with Crippen molar-refractivity contribution >= 4 is 29.0 Å². The summed E-state index contributed by atoms with van der Waals surface area (Å²) in [5, 5.41) is 0. The molecule has 5 nitrogen and oxygen atoms in total. The third kappa shape index (κ3) is 3.36. The van der Waals surface area contributed by atoms with Crippen LogP contribution in [0, 0.1) is 5.41 Å². The first kappa shape index (κ1) is 16.2. The number of nitrogens with two attached hydrogens (primary N) is 1. The van der Waals surface area contributed by atoms with Crippen molar-refractivity contribution in [3.63, 3.8) is 0 Å². The predicted octanol–water partition coefficient (Wildman–Crippen LogP) is 1.30. The van der Waals surface area contributed by atoms with E-state index in [-0.39, 0.29) is 11.8 Å². The van der Waals surface area contributed by atoms with Crippen LogP contribution in [0.5, 0.6) is 0 Å². The lowest BCUT2D eigenvalue weighted by atomic mass is 9.78. The van der Waals surface area contributed by atoms with Crippen LogP contribution in [0.15, 0.2) is 0 Å². The zero-order chi connectivity index (χ0) is 15.5. The quantitative estimate of drug-likeness (QED) is 0.617. The van der Waals surface area contributed by atoms with Gasteiger partial charge >= 0.3 is 0 Å². The lowest BCUT2D eigenvalue weighted by Gasteiger charge is -2.40. The van der Waals surface area contributed by atoms with E-state index in [9.17, 15) is 9.59 Å². The van der Waals surface area contributed by atoms with Gasteiger partial charge in [0.2, 0.25) is 11.8 Å². The fourth-order valence-electron chi connectivity index (χ4n) is 3.42. The van der Waals surface area contributed by atoms with Gasteiger partial charge in [0.25, 0.3) is 0 Å². The second kappa shape index (κ2) is 6.73. The average molecular weight is 311 g/mol. The van der Waals surface area contributed by atoms with Gasteiger partial charge in [-0.15, -0.1) is 0 Å². The summed E-state index contributed by atoms with van der Waals surface area (Å²) in [5.41, 5.74) is 5.33. The number of amides is 2. The van der Waals surface area contributed by atoms with Crippen LogP contribution in [0.3, 0.4) is 0 Å². The summed E-state index contributed by atoms with van der Waals surface area (Å²) >= 11 is 5.26. The third-order valence-corrected chi connectivity index (χ3v) is 5.24. The Hall–Kier alpha value is -1.17. The van der Waals surface area contributed by atoms with Gasteiger partial charge in [0.05, 0.1) is 10.4 Å². The third-order valence-electron chi connectivity index (χ3n) is 4.85. The minimum Gasteiger partial charge on any atom is -0.392 e. The molecule has 2 aliphatic rings. The van der Waals surface area contributed by atoms with E-state index in [1.807, 2.05) is 4.90 Å². The van der Waals surface area contributed by atoms with Gasteiger partial charge in [-0.1, -0.05) is 37.9 Å². The van der Waals surface area contributed by atoms with E-state index in [4.69, 9.17) is 18.0 Å². The van der Waals surface area contributed by atoms with Gasteiger partial charge in [-0.05, 0) is 12.8 Å². The smallest absolute Gasteiger partial charge is 0.235 e. The number of thiocarbonyl (C=S) groups is 1. The molecular formula is C15H25N3O2S. The molecule has 0 spiro atoms. The second-order valence-electron chi connectivity index (χ2n) is 6.16. The SMILES string of the molecule is CC(=O)N1CCN(C(=O)C2(C(N)=S)CCCCCC2)CC1. The van der Waals surface area contributed by atoms with Crippen molar-refractivity contribution < 1.29 is 9.59 Å². The first-order valence-corrected chi connectivity index (χ1v) is 8.23. The molecule has 1 saturated heterocycles. The number of hydrogen-bond acceptors (Lipinski definition) is 3. The molecular weight excluding hydrogens is 286 g/mol. The van der Waals surface area contributed by atoms with Crippen molar-refractivity contribution in [2.75, 3.05) is 26.2 Å². The number of rotatable bonds is 2. The number of piperazine rings is 1. The van der Waals surface area contributed by atoms with Crippen LogP contribution in [0.4, 0.5) is 0 Å². The highest BCUT2D eigenvalue weighted by molar-refractivity contribution is 7.80. The van der Waals surface area contributed by atoms with Crippen LogP contribution in [0.1, 0.15) is 45.4 Å². The summed E-state index contributed by atoms with van der Waals surface area (Å²) in [7, 11) is 0. The summed E-state index contributed by atoms with van der Waals surface area (Å²) in [6, 6.07) is 0. The van der Waals surface area contributed by atoms with Gasteiger partial charge in [0, 0.05) is 33.1 Å². The van der Waals surface area contributed by atoms with Crippen molar-refractivity contribution in [3.05, 3.63) is 0 Å². The van der Waals surface area contributed by atoms with Crippen molar-refractivity contribution in [1.82, 2.24) is 9.80 Å². The molecule has 0 aromatic carbocycles. The molecule has 1 aliphatic heterocycles. The molecule has 0 aromatic rings. The molecule has 1 heterocycles. The zero-order valence-corrected chi connectivity index (χ0v) is 13.6. The van der Waals surface area contributed by atoms with Crippen LogP contribution >= 0.6 is 12.2 Å². The first-order chi connectivity index (χ1) is 9.97. The number of hydrogen-bond donors (Lipinski definition) is 1. The standard InChI is InChI=1S/C15H25N3O2S/c1-12(19)17-8-10-18(11-9-17)14(20)15(13(16)21)6-4-2-3-5-7-15/h2-11H2,1H3,(H2,16,21). The molecule has 21 heavy (non-hydrogen) atoms. The number of carbonyl (C=O) groups is 2. The monoisotopic (exact) mass is 311 g/mol. The van der Waals surface area contributed by atoms with Crippen molar-refractivity contribution in [3.8, 4) is 0 Å². The van der Waals surface area contributed by atoms with Crippen LogP contribution in [0.2, 0.25) is 0 Å². The van der Waals surface area contributed by atoms with Crippen LogP contribution in [-0.2, 0) is 9.59 Å². The van der Waals surface area contributed by atoms with Gasteiger partial charge in [0.1, 0.15) is 0 Å². The second-order valence-corrected chi connectivity index (χ2v) is 6.60. The van der Waals surface area contributed by atoms with Gasteiger partial charge in [-0.2, -0.15) is 0 Å². The summed E-state index contributed by atoms with van der Waals surface area (Å²) < 4.78 is 0. The van der Waals surface area contributed by atoms with E-state index in [0.29, 0.717) is 31.2 Å². The summed E-state index contributed by atoms with van der Waals surface area (Å²) in [4.78, 5) is 28.4. The van der Waals surface area contributed by atoms with E-state index < -0.39 is 5.41 Å². The van der Waals surface area contributed by atoms with E-state index in [1.54, 1.807) is 11.8 Å². The predicted molar refractivity (Wildman–Crippen MR) is 85.8 cm³/mol. The molecule has 2 amide bonds. The summed E-state index contributed by atoms with van der Waals surface area (Å²) in [6.07, 6.45) is 5.86. The van der Waals surface area contributed by atoms with Crippen molar-refractivity contribution in [2.45, 2.75) is 45.4 Å². The fraction of sp³-hybridized carbons (Fsp3) is 0.800. The maximum atomic E-state index is 13.0. The lowest BCUT2D eigenvalue weighted by Crippen LogP contribution is -2.56. The van der Waals surface area contributed by atoms with Crippen LogP contribution in [-0.4, -0.2) is 52.8 Å². The molecule has 0 unspecified atom stereocenters. The molecule has 2 N–H and O–H groups in total. The average Bonchev–Trinajstić information content (AvgIpc) is 2.73. The van der Waals surface area contributed by atoms with Crippen LogP contribution < -0.4 is 5.73 Å². The minimum atomic E-state index is -0.649. The Morgan fingerprint density at radius 3 is 1.86 bits per heavy atom. The Morgan fingerprint density at radius 2 is 1.43 bits per heavy atom. The van der Waals surface area contributed by atoms with E-state index in [1.165, 1.54) is 0 Å². The van der Waals surface area contributed by atoms with Crippen molar-refractivity contribution in [1.29, 1.82) is 0 Å². The van der Waals surface area contributed by atoms with E-state index >= 15 is 0 Å². The number of nitrogens with zero attached hydrogens (tertiary/aromatic N) is 2. The largest absolute Gasteiger partial charge is 0.392 e. The summed E-state index contributed by atoms with van der Waals surface area (Å²) in [6.45, 7) is 3.95. The molecule has 6 heteroatoms. The molecule has 2 rings (SSSR count). The van der Waals surface area contributed by atoms with Crippen molar-refractivity contribution in [2.24, 2.45) is 11.1 Å². The molecule has 0 bridgehead atoms. The first-order valence-electron chi connectivity index (χ1n) is 7.82. The maximum Gasteiger partial charge on any atom is 0.235 e. The fourth-order valence-corrected chi connectivity index (χ4v) is 3.72. The van der Waals surface area contributed by atoms with Gasteiger partial charge in [-0.25, -0.2) is 0 Å². The maximum absolute atomic E-state index is 13.0. The Labute approximate surface area is 131 Å². The Bertz CT molecular complexity index is 423. The normalized spacial score (nSPS) is 22.5. The van der Waals surface area contributed by atoms with Gasteiger partial charge in [0.15, 0.2) is 0 Å². The van der Waals surface area contributed by atoms with E-state index in [0.717, 1.165) is 38.5 Å². The molecule has 118 valence electrons. The topological polar surface area (TPSA) is 66.6 Å². The Balaban J connectivity index is 2.09. The Kier molecular flexibility index (Phi) is 5.19. The lowest BCUT2D eigenvalue weighted by molar-refractivity contribution is -0.144. The van der Waals surface area contributed by atoms with Gasteiger partial charge in [-0.3, -0.25) is 9.59 Å². The highest BCUT2D eigenvalue weighted by Gasteiger charge is 2.44. The molecule has 0 atom stereocenters. The minimum absolute atomic E-state index is 0.0700. The molecule has 1 aliphatic carbocycles. The van der Waals surface area contributed by atoms with Gasteiger partial charge < -0.3 is 15.5 Å². The molecule has 0 aromatic heterocycles. The molecule has 0 radical (unpaired) electrons. The number of carbonyl (C=O) groups excluding carboxylic acids is 2. The molecule has 2 fully saturated rings. The molecule has 1 saturated carbocycles. The van der Waals surface area contributed by atoms with E-state index in [2.05, 4.69) is 0 Å². The van der Waals surface area contributed by atoms with Crippen LogP contribution in [0.25, 0.3) is 0 Å². The highest BCUT2D eigenvalue weighted by atomic mass is 32.1. The highest BCUT2D eigenvalue weighted by Crippen LogP contribution is 2.37. The zero-order valence-electron chi connectivity index (χ0n) is 12.8. The summed E-state index contributed by atoms with van der Waals surface area (Å²) in [5.74, 6) is 0.153.